The Balaban J connectivity index is 1.72. The van der Waals surface area contributed by atoms with Crippen LogP contribution in [-0.4, -0.2) is 21.8 Å². The van der Waals surface area contributed by atoms with Crippen molar-refractivity contribution >= 4 is 23.6 Å². The molecule has 1 atom stereocenters. The normalized spacial score (nSPS) is 19.9. The van der Waals surface area contributed by atoms with Crippen LogP contribution >= 0.6 is 0 Å². The summed E-state index contributed by atoms with van der Waals surface area (Å²) in [6.45, 7) is 1.98. The second-order valence-corrected chi connectivity index (χ2v) is 7.46. The number of carbonyl (C=O) groups is 1. The van der Waals surface area contributed by atoms with Gasteiger partial charge in [-0.2, -0.15) is 10.2 Å². The van der Waals surface area contributed by atoms with Crippen LogP contribution in [-0.2, 0) is 0 Å². The monoisotopic (exact) mass is 392 g/mol. The summed E-state index contributed by atoms with van der Waals surface area (Å²) in [4.78, 5) is 25.9. The number of nitrogens with zero attached hydrogens (tertiary/aromatic N) is 4. The van der Waals surface area contributed by atoms with E-state index in [-0.39, 0.29) is 17.2 Å². The van der Waals surface area contributed by atoms with Crippen molar-refractivity contribution < 1.29 is 14.3 Å². The molecule has 0 saturated heterocycles. The van der Waals surface area contributed by atoms with E-state index in [9.17, 15) is 19.1 Å². The number of fused-ring (bicyclic) bond motifs is 3. The number of benzene rings is 1. The van der Waals surface area contributed by atoms with Crippen molar-refractivity contribution in [3.05, 3.63) is 75.0 Å². The van der Waals surface area contributed by atoms with E-state index >= 15 is 0 Å². The molecule has 0 spiro atoms. The molecule has 0 radical (unpaired) electrons. The average Bonchev–Trinajstić information content (AvgIpc) is 3.54. The van der Waals surface area contributed by atoms with E-state index in [0.717, 1.165) is 30.0 Å². The number of carboxylic acids is 1. The van der Waals surface area contributed by atoms with Gasteiger partial charge in [-0.1, -0.05) is 29.8 Å². The van der Waals surface area contributed by atoms with E-state index in [1.54, 1.807) is 15.7 Å². The molecule has 146 valence electrons. The summed E-state index contributed by atoms with van der Waals surface area (Å²) in [5, 5.41) is 17.7. The highest BCUT2D eigenvalue weighted by Gasteiger charge is 2.38. The van der Waals surface area contributed by atoms with E-state index in [1.807, 2.05) is 31.2 Å². The van der Waals surface area contributed by atoms with Gasteiger partial charge in [0.25, 0.3) is 0 Å². The molecule has 1 aromatic carbocycles. The molecular formula is C21H17FN4O3. The van der Waals surface area contributed by atoms with Gasteiger partial charge in [-0.05, 0) is 25.8 Å². The maximum absolute atomic E-state index is 14.8. The third kappa shape index (κ3) is 2.79. The first-order chi connectivity index (χ1) is 13.9. The molecule has 5 rings (SSSR count). The maximum atomic E-state index is 14.8. The molecule has 0 bridgehead atoms. The van der Waals surface area contributed by atoms with Gasteiger partial charge >= 0.3 is 5.97 Å². The van der Waals surface area contributed by atoms with Crippen molar-refractivity contribution in [2.24, 2.45) is 10.2 Å². The van der Waals surface area contributed by atoms with Crippen LogP contribution in [0.3, 0.4) is 0 Å². The molecule has 1 N–H and O–H groups in total. The Morgan fingerprint density at radius 3 is 2.62 bits per heavy atom. The predicted molar refractivity (Wildman–Crippen MR) is 105 cm³/mol. The number of aromatic carboxylic acids is 1. The highest BCUT2D eigenvalue weighted by Crippen LogP contribution is 2.43. The third-order valence-corrected chi connectivity index (χ3v) is 5.33. The summed E-state index contributed by atoms with van der Waals surface area (Å²) in [5.74, 6) is -1.52. The van der Waals surface area contributed by atoms with Crippen LogP contribution in [0.2, 0.25) is 0 Å². The van der Waals surface area contributed by atoms with Gasteiger partial charge in [-0.15, -0.1) is 0 Å². The Morgan fingerprint density at radius 1 is 1.24 bits per heavy atom. The SMILES string of the molecule is Cc1ccc(C2=CN3c4c(c(=O)c(C(=O)O)cn4C4CC4)C=C(F)C3N=N2)cc1. The van der Waals surface area contributed by atoms with Crippen molar-refractivity contribution in [2.75, 3.05) is 4.90 Å². The summed E-state index contributed by atoms with van der Waals surface area (Å²) in [5.41, 5.74) is 1.42. The zero-order chi connectivity index (χ0) is 20.3. The fraction of sp³-hybridized carbons (Fsp3) is 0.238. The number of aromatic nitrogens is 1. The van der Waals surface area contributed by atoms with Crippen LogP contribution < -0.4 is 10.3 Å². The number of carboxylic acid groups (broad SMARTS) is 1. The number of halogens is 1. The molecule has 29 heavy (non-hydrogen) atoms. The lowest BCUT2D eigenvalue weighted by Gasteiger charge is -2.35. The average molecular weight is 392 g/mol. The highest BCUT2D eigenvalue weighted by molar-refractivity contribution is 5.90. The summed E-state index contributed by atoms with van der Waals surface area (Å²) in [6.07, 6.45) is 4.86. The fourth-order valence-electron chi connectivity index (χ4n) is 3.67. The smallest absolute Gasteiger partial charge is 0.341 e. The van der Waals surface area contributed by atoms with Crippen molar-refractivity contribution in [3.8, 4) is 0 Å². The van der Waals surface area contributed by atoms with Crippen LogP contribution in [0.1, 0.15) is 45.9 Å². The number of hydrogen-bond donors (Lipinski definition) is 1. The molecule has 3 aliphatic rings. The van der Waals surface area contributed by atoms with E-state index in [2.05, 4.69) is 10.2 Å². The number of azo groups is 1. The summed E-state index contributed by atoms with van der Waals surface area (Å²) in [6, 6.07) is 7.77. The van der Waals surface area contributed by atoms with Gasteiger partial charge in [0.2, 0.25) is 5.43 Å². The first-order valence-electron chi connectivity index (χ1n) is 9.31. The molecular weight excluding hydrogens is 375 g/mol. The minimum atomic E-state index is -1.32. The van der Waals surface area contributed by atoms with E-state index in [0.29, 0.717) is 11.5 Å². The number of pyridine rings is 1. The minimum absolute atomic E-state index is 0.0298. The van der Waals surface area contributed by atoms with E-state index < -0.39 is 23.4 Å². The Bertz CT molecular complexity index is 1190. The fourth-order valence-corrected chi connectivity index (χ4v) is 3.67. The van der Waals surface area contributed by atoms with Crippen molar-refractivity contribution in [2.45, 2.75) is 32.0 Å². The largest absolute Gasteiger partial charge is 0.477 e. The third-order valence-electron chi connectivity index (χ3n) is 5.33. The number of rotatable bonds is 3. The maximum Gasteiger partial charge on any atom is 0.341 e. The van der Waals surface area contributed by atoms with Gasteiger partial charge in [-0.3, -0.25) is 4.79 Å². The molecule has 1 unspecified atom stereocenters. The van der Waals surface area contributed by atoms with Crippen LogP contribution in [0.25, 0.3) is 11.8 Å². The lowest BCUT2D eigenvalue weighted by Crippen LogP contribution is -2.39. The lowest BCUT2D eigenvalue weighted by molar-refractivity contribution is 0.0694. The molecule has 1 fully saturated rings. The van der Waals surface area contributed by atoms with Crippen LogP contribution in [0.4, 0.5) is 10.2 Å². The van der Waals surface area contributed by atoms with Gasteiger partial charge in [0.15, 0.2) is 6.17 Å². The molecule has 1 saturated carbocycles. The number of hydrogen-bond acceptors (Lipinski definition) is 5. The van der Waals surface area contributed by atoms with Gasteiger partial charge in [0.05, 0.1) is 5.56 Å². The Hall–Kier alpha value is -3.55. The molecule has 2 aromatic rings. The molecule has 1 aromatic heterocycles. The minimum Gasteiger partial charge on any atom is -0.477 e. The number of aryl methyl sites for hydroxylation is 1. The molecule has 3 heterocycles. The predicted octanol–water partition coefficient (Wildman–Crippen LogP) is 4.11. The number of anilines is 1. The molecule has 8 heteroatoms. The van der Waals surface area contributed by atoms with Gasteiger partial charge in [0, 0.05) is 24.0 Å². The Labute approximate surface area is 165 Å². The van der Waals surface area contributed by atoms with Crippen LogP contribution in [0, 0.1) is 6.92 Å². The van der Waals surface area contributed by atoms with Crippen molar-refractivity contribution in [1.29, 1.82) is 0 Å². The Morgan fingerprint density at radius 2 is 1.97 bits per heavy atom. The molecule has 1 aliphatic carbocycles. The first kappa shape index (κ1) is 17.5. The molecule has 0 amide bonds. The standard InChI is InChI=1S/C21H17FN4O3/c1-11-2-4-12(5-3-11)17-10-26-19(24-23-17)16(22)8-14-18(27)15(21(28)29)9-25(20(14)26)13-6-7-13/h2-5,8-10,13,19H,6-7H2,1H3,(H,28,29). The summed E-state index contributed by atoms with van der Waals surface area (Å²) < 4.78 is 16.5. The second kappa shape index (κ2) is 6.23. The summed E-state index contributed by atoms with van der Waals surface area (Å²) in [7, 11) is 0. The van der Waals surface area contributed by atoms with Gasteiger partial charge in [0.1, 0.15) is 22.9 Å². The quantitative estimate of drug-likeness (QED) is 0.852. The van der Waals surface area contributed by atoms with E-state index in [1.165, 1.54) is 6.20 Å². The van der Waals surface area contributed by atoms with E-state index in [4.69, 9.17) is 0 Å². The lowest BCUT2D eigenvalue weighted by atomic mass is 10.0. The molecule has 7 nitrogen and oxygen atoms in total. The second-order valence-electron chi connectivity index (χ2n) is 7.46. The Kier molecular flexibility index (Phi) is 3.77. The van der Waals surface area contributed by atoms with Crippen LogP contribution in [0.15, 0.2) is 57.5 Å². The van der Waals surface area contributed by atoms with Gasteiger partial charge < -0.3 is 14.6 Å². The zero-order valence-corrected chi connectivity index (χ0v) is 15.5. The molecule has 2 aliphatic heterocycles. The summed E-state index contributed by atoms with van der Waals surface area (Å²) >= 11 is 0. The van der Waals surface area contributed by atoms with Crippen LogP contribution in [0.5, 0.6) is 0 Å². The first-order valence-corrected chi connectivity index (χ1v) is 9.31. The topological polar surface area (TPSA) is 87.3 Å². The van der Waals surface area contributed by atoms with Crippen molar-refractivity contribution in [3.63, 3.8) is 0 Å². The highest BCUT2D eigenvalue weighted by atomic mass is 19.1. The zero-order valence-electron chi connectivity index (χ0n) is 15.5. The van der Waals surface area contributed by atoms with Crippen molar-refractivity contribution in [1.82, 2.24) is 4.57 Å². The van der Waals surface area contributed by atoms with Gasteiger partial charge in [-0.25, -0.2) is 9.18 Å².